The highest BCUT2D eigenvalue weighted by atomic mass is 31.2. The van der Waals surface area contributed by atoms with E-state index in [1.54, 1.807) is 0 Å². The summed E-state index contributed by atoms with van der Waals surface area (Å²) in [5, 5.41) is 9.41. The lowest BCUT2D eigenvalue weighted by Gasteiger charge is -2.34. The van der Waals surface area contributed by atoms with Crippen LogP contribution in [0.25, 0.3) is 117 Å². The molecule has 27 rings (SSSR count). The van der Waals surface area contributed by atoms with Crippen molar-refractivity contribution >= 4 is 135 Å². The predicted octanol–water partition coefficient (Wildman–Crippen LogP) is 20.8. The van der Waals surface area contributed by atoms with Crippen LogP contribution in [0.5, 0.6) is 69.0 Å². The standard InChI is InChI=1S/C42H25BN2O2.C33H20BN3O2.C30H18NO3P/c1-5-14-34-28(10-1)29-11-2-6-15-35(29)44(34)26-20-22-32-40(24-26)46-38-18-9-19-39-42(38)43(32)33-23-21-27(25-41(33)47-39)45-36-16-7-3-12-30(36)31-13-4-8-17-37(31)45;1-3-11-21(12-4-1)31-35-32(22-13-5-2-6-14-22)37-33(36-31)23-19-28-30-29(20-23)39-27-18-10-8-16-25(27)34(30)24-15-7-9-17-26(24)38-28;32-35-28-15-6-5-12-24(28)33-26-13-7-14-27(30(26)35)34-25-17-16-19(18-29(25)35)31-22-10-3-1-8-20(22)21-9-2-4-11-23(21)31/h1-25H;1-20H;1-18H. The monoisotopic (exact) mass is 1570 g/mol. The summed E-state index contributed by atoms with van der Waals surface area (Å²) in [5.74, 6) is 10.9. The molecule has 0 amide bonds. The van der Waals surface area contributed by atoms with Gasteiger partial charge in [-0.1, -0.05) is 243 Å². The molecule has 16 heteroatoms. The first-order valence-electron chi connectivity index (χ1n) is 40.5. The van der Waals surface area contributed by atoms with Crippen LogP contribution in [0.2, 0.25) is 0 Å². The third-order valence-corrected chi connectivity index (χ3v) is 27.5. The average molecular weight is 1570 g/mol. The highest BCUT2D eigenvalue weighted by molar-refractivity contribution is 7.86. The van der Waals surface area contributed by atoms with Gasteiger partial charge in [0, 0.05) is 89.1 Å². The van der Waals surface area contributed by atoms with Crippen molar-refractivity contribution in [3.8, 4) is 120 Å². The largest absolute Gasteiger partial charge is 0.458 e. The second-order valence-electron chi connectivity index (χ2n) is 31.0. The minimum Gasteiger partial charge on any atom is -0.458 e. The van der Waals surface area contributed by atoms with Crippen molar-refractivity contribution in [2.45, 2.75) is 0 Å². The molecule has 0 saturated carbocycles. The average Bonchev–Trinajstić information content (AvgIpc) is 1.30. The van der Waals surface area contributed by atoms with E-state index in [1.807, 2.05) is 164 Å². The number of rotatable bonds is 6. The molecule has 0 N–H and O–H groups in total. The Labute approximate surface area is 694 Å². The van der Waals surface area contributed by atoms with Gasteiger partial charge in [-0.05, 0) is 149 Å². The van der Waals surface area contributed by atoms with Gasteiger partial charge in [0.15, 0.2) is 24.6 Å². The van der Waals surface area contributed by atoms with Crippen molar-refractivity contribution < 1.29 is 33.0 Å². The van der Waals surface area contributed by atoms with Gasteiger partial charge in [0.2, 0.25) is 0 Å². The third-order valence-electron chi connectivity index (χ3n) is 24.3. The quantitative estimate of drug-likeness (QED) is 0.117. The Balaban J connectivity index is 0.000000101. The van der Waals surface area contributed by atoms with E-state index in [-0.39, 0.29) is 13.4 Å². The minimum absolute atomic E-state index is 0.00639. The van der Waals surface area contributed by atoms with E-state index in [2.05, 4.69) is 232 Å². The van der Waals surface area contributed by atoms with Crippen molar-refractivity contribution in [3.63, 3.8) is 0 Å². The molecular formula is C105H63B2N6O7P. The molecule has 0 aliphatic carbocycles. The van der Waals surface area contributed by atoms with Crippen LogP contribution in [0.1, 0.15) is 0 Å². The summed E-state index contributed by atoms with van der Waals surface area (Å²) in [6, 6.07) is 130. The molecule has 4 aromatic heterocycles. The molecule has 10 heterocycles. The molecule has 121 heavy (non-hydrogen) atoms. The zero-order chi connectivity index (χ0) is 79.5. The zero-order valence-corrected chi connectivity index (χ0v) is 65.4. The van der Waals surface area contributed by atoms with Gasteiger partial charge in [0.05, 0.1) is 43.7 Å². The first kappa shape index (κ1) is 68.5. The Kier molecular flexibility index (Phi) is 15.3. The molecule has 21 aromatic rings. The molecule has 13 nitrogen and oxygen atoms in total. The van der Waals surface area contributed by atoms with E-state index in [0.29, 0.717) is 56.4 Å². The van der Waals surface area contributed by atoms with Crippen molar-refractivity contribution in [2.24, 2.45) is 0 Å². The highest BCUT2D eigenvalue weighted by Crippen LogP contribution is 2.59. The van der Waals surface area contributed by atoms with Crippen LogP contribution in [0.3, 0.4) is 0 Å². The molecule has 0 bridgehead atoms. The summed E-state index contributed by atoms with van der Waals surface area (Å²) < 4.78 is 60.9. The molecule has 17 aromatic carbocycles. The van der Waals surface area contributed by atoms with Crippen molar-refractivity contribution in [2.75, 3.05) is 0 Å². The number of benzene rings is 17. The lowest BCUT2D eigenvalue weighted by Crippen LogP contribution is -2.57. The van der Waals surface area contributed by atoms with Gasteiger partial charge in [0.1, 0.15) is 74.3 Å². The maximum atomic E-state index is 15.2. The normalized spacial score (nSPS) is 14.0. The summed E-state index contributed by atoms with van der Waals surface area (Å²) in [4.78, 5) is 14.7. The van der Waals surface area contributed by atoms with Crippen LogP contribution >= 0.6 is 7.14 Å². The third kappa shape index (κ3) is 10.6. The Bertz CT molecular complexity index is 7540. The van der Waals surface area contributed by atoms with E-state index in [0.717, 1.165) is 124 Å². The van der Waals surface area contributed by atoms with Crippen LogP contribution in [0.4, 0.5) is 0 Å². The summed E-state index contributed by atoms with van der Waals surface area (Å²) in [6.07, 6.45) is 0. The number of fused-ring (bicyclic) bond motifs is 21. The van der Waals surface area contributed by atoms with Crippen molar-refractivity contribution in [1.82, 2.24) is 28.7 Å². The summed E-state index contributed by atoms with van der Waals surface area (Å²) in [7, 11) is -3.23. The Morgan fingerprint density at radius 1 is 0.223 bits per heavy atom. The van der Waals surface area contributed by atoms with Gasteiger partial charge < -0.3 is 46.7 Å². The molecule has 6 aliphatic heterocycles. The number of nitrogens with zero attached hydrogens (tertiary/aromatic N) is 6. The topological polar surface area (TPSA) is 126 Å². The Morgan fingerprint density at radius 3 is 0.967 bits per heavy atom. The van der Waals surface area contributed by atoms with Crippen molar-refractivity contribution in [1.29, 1.82) is 0 Å². The molecule has 0 saturated heterocycles. The summed E-state index contributed by atoms with van der Waals surface area (Å²) in [5.41, 5.74) is 19.4. The number of hydrogen-bond donors (Lipinski definition) is 0. The van der Waals surface area contributed by atoms with Gasteiger partial charge in [-0.2, -0.15) is 0 Å². The molecule has 0 radical (unpaired) electrons. The first-order valence-corrected chi connectivity index (χ1v) is 42.2. The highest BCUT2D eigenvalue weighted by Gasteiger charge is 2.47. The molecule has 6 aliphatic rings. The first-order chi connectivity index (χ1) is 59.9. The summed E-state index contributed by atoms with van der Waals surface area (Å²) >= 11 is 0. The Hall–Kier alpha value is -15.7. The lowest BCUT2D eigenvalue weighted by atomic mass is 9.35. The molecule has 1 unspecified atom stereocenters. The number of ether oxygens (including phenoxy) is 6. The van der Waals surface area contributed by atoms with Gasteiger partial charge in [0.25, 0.3) is 13.4 Å². The van der Waals surface area contributed by atoms with Crippen LogP contribution in [-0.2, 0) is 4.57 Å². The molecule has 0 spiro atoms. The maximum absolute atomic E-state index is 15.2. The number of hydrogen-bond acceptors (Lipinski definition) is 10. The molecular weight excluding hydrogens is 1510 g/mol. The Morgan fingerprint density at radius 2 is 0.529 bits per heavy atom. The van der Waals surface area contributed by atoms with Crippen LogP contribution < -0.4 is 77.1 Å². The van der Waals surface area contributed by atoms with Crippen LogP contribution in [-0.4, -0.2) is 42.1 Å². The van der Waals surface area contributed by atoms with Gasteiger partial charge >= 0.3 is 0 Å². The fraction of sp³-hybridized carbons (Fsp3) is 0. The molecule has 566 valence electrons. The van der Waals surface area contributed by atoms with E-state index in [4.69, 9.17) is 43.4 Å². The molecule has 0 fully saturated rings. The number of aromatic nitrogens is 6. The second kappa shape index (κ2) is 26.9. The molecule has 1 atom stereocenters. The van der Waals surface area contributed by atoms with Gasteiger partial charge in [-0.25, -0.2) is 15.0 Å². The predicted molar refractivity (Wildman–Crippen MR) is 487 cm³/mol. The van der Waals surface area contributed by atoms with E-state index in [1.165, 1.54) is 54.4 Å². The SMILES string of the molecule is O=P12c3ccccc3Oc3cccc(c31)Oc1ccc(-n3c4ccccc4c4ccccc43)cc12.c1cc2c3c(c1)Oc1cc(-n4c5ccccc5c5ccccc54)ccc1B3c1ccc(-n3c4ccccc4c4ccccc43)cc1O2.c1ccc(-c2nc(-c3ccccc3)nc(-c3cc4c5c(c3)Oc3ccccc3B5c3ccccc3O4)n2)cc1. The summed E-state index contributed by atoms with van der Waals surface area (Å²) in [6.45, 7) is 0.0187. The van der Waals surface area contributed by atoms with Gasteiger partial charge in [-0.15, -0.1) is 0 Å². The lowest BCUT2D eigenvalue weighted by molar-refractivity contribution is 0.461. The van der Waals surface area contributed by atoms with E-state index < -0.39 is 7.14 Å². The number of para-hydroxylation sites is 9. The zero-order valence-electron chi connectivity index (χ0n) is 64.5. The van der Waals surface area contributed by atoms with E-state index in [9.17, 15) is 0 Å². The maximum Gasteiger partial charge on any atom is 0.260 e. The van der Waals surface area contributed by atoms with E-state index >= 15 is 4.57 Å². The minimum atomic E-state index is -3.23. The fourth-order valence-corrected chi connectivity index (χ4v) is 22.2. The smallest absolute Gasteiger partial charge is 0.260 e. The van der Waals surface area contributed by atoms with Crippen LogP contribution in [0, 0.1) is 0 Å². The van der Waals surface area contributed by atoms with Crippen LogP contribution in [0.15, 0.2) is 382 Å². The van der Waals surface area contributed by atoms with Gasteiger partial charge in [-0.3, -0.25) is 0 Å². The van der Waals surface area contributed by atoms with Crippen molar-refractivity contribution in [3.05, 3.63) is 382 Å². The fourth-order valence-electron chi connectivity index (χ4n) is 19.1. The second-order valence-corrected chi connectivity index (χ2v) is 33.7.